The summed E-state index contributed by atoms with van der Waals surface area (Å²) in [5.41, 5.74) is 3.46. The summed E-state index contributed by atoms with van der Waals surface area (Å²) in [4.78, 5) is 13.7. The van der Waals surface area contributed by atoms with Gasteiger partial charge in [-0.3, -0.25) is 14.8 Å². The van der Waals surface area contributed by atoms with Gasteiger partial charge in [0.15, 0.2) is 0 Å². The number of aryl methyl sites for hydroxylation is 2. The fourth-order valence-electron chi connectivity index (χ4n) is 3.59. The van der Waals surface area contributed by atoms with Gasteiger partial charge in [0, 0.05) is 57.1 Å². The second-order valence-corrected chi connectivity index (χ2v) is 7.50. The summed E-state index contributed by atoms with van der Waals surface area (Å²) in [7, 11) is 0. The van der Waals surface area contributed by atoms with Crippen molar-refractivity contribution in [2.75, 3.05) is 26.2 Å². The number of halogens is 2. The number of aromatic nitrogens is 2. The van der Waals surface area contributed by atoms with Gasteiger partial charge in [0.25, 0.3) is 0 Å². The lowest BCUT2D eigenvalue weighted by Crippen LogP contribution is -2.45. The molecule has 0 unspecified atom stereocenters. The first-order valence-electron chi connectivity index (χ1n) is 9.76. The first-order chi connectivity index (χ1) is 14.0. The van der Waals surface area contributed by atoms with E-state index in [1.54, 1.807) is 0 Å². The molecule has 3 heterocycles. The molecule has 0 N–H and O–H groups in total. The zero-order valence-corrected chi connectivity index (χ0v) is 16.7. The second-order valence-electron chi connectivity index (χ2n) is 7.50. The van der Waals surface area contributed by atoms with Crippen molar-refractivity contribution in [2.45, 2.75) is 26.9 Å². The molecule has 4 rings (SSSR count). The Labute approximate surface area is 169 Å². The van der Waals surface area contributed by atoms with Gasteiger partial charge in [-0.1, -0.05) is 6.07 Å². The van der Waals surface area contributed by atoms with Crippen molar-refractivity contribution in [3.05, 3.63) is 70.9 Å². The molecule has 1 aromatic carbocycles. The lowest BCUT2D eigenvalue weighted by Gasteiger charge is -2.34. The highest BCUT2D eigenvalue weighted by molar-refractivity contribution is 5.53. The predicted octanol–water partition coefficient (Wildman–Crippen LogP) is 3.95. The number of benzene rings is 1. The molecule has 1 aliphatic rings. The molecule has 1 fully saturated rings. The molecular formula is C22H24F2N4O. The predicted molar refractivity (Wildman–Crippen MR) is 106 cm³/mol. The molecule has 3 aromatic rings. The number of nitrogens with zero attached hydrogens (tertiary/aromatic N) is 4. The molecule has 152 valence electrons. The minimum absolute atomic E-state index is 0.250. The summed E-state index contributed by atoms with van der Waals surface area (Å²) in [5.74, 6) is -0.357. The van der Waals surface area contributed by atoms with Crippen LogP contribution in [0.4, 0.5) is 8.78 Å². The van der Waals surface area contributed by atoms with Crippen LogP contribution >= 0.6 is 0 Å². The largest absolute Gasteiger partial charge is 0.441 e. The molecule has 1 aliphatic heterocycles. The monoisotopic (exact) mass is 398 g/mol. The third kappa shape index (κ3) is 4.68. The van der Waals surface area contributed by atoms with Crippen LogP contribution in [0.5, 0.6) is 0 Å². The molecule has 7 heteroatoms. The molecule has 0 amide bonds. The van der Waals surface area contributed by atoms with Crippen molar-refractivity contribution < 1.29 is 13.2 Å². The lowest BCUT2D eigenvalue weighted by atomic mass is 10.2. The Morgan fingerprint density at radius 2 is 1.55 bits per heavy atom. The van der Waals surface area contributed by atoms with E-state index in [1.165, 1.54) is 17.7 Å². The normalized spacial score (nSPS) is 15.7. The lowest BCUT2D eigenvalue weighted by molar-refractivity contribution is 0.119. The van der Waals surface area contributed by atoms with Crippen LogP contribution in [0.25, 0.3) is 11.5 Å². The number of hydrogen-bond donors (Lipinski definition) is 0. The molecular weight excluding hydrogens is 374 g/mol. The van der Waals surface area contributed by atoms with Crippen LogP contribution in [0.2, 0.25) is 0 Å². The number of pyridine rings is 1. The van der Waals surface area contributed by atoms with Crippen molar-refractivity contribution in [1.82, 2.24) is 19.8 Å². The van der Waals surface area contributed by atoms with E-state index in [2.05, 4.69) is 32.8 Å². The third-order valence-electron chi connectivity index (χ3n) is 5.33. The highest BCUT2D eigenvalue weighted by atomic mass is 19.1. The van der Waals surface area contributed by atoms with Gasteiger partial charge in [-0.05, 0) is 37.6 Å². The summed E-state index contributed by atoms with van der Waals surface area (Å²) in [6.45, 7) is 9.19. The van der Waals surface area contributed by atoms with Gasteiger partial charge in [-0.15, -0.1) is 0 Å². The molecule has 29 heavy (non-hydrogen) atoms. The van der Waals surface area contributed by atoms with E-state index in [9.17, 15) is 8.78 Å². The van der Waals surface area contributed by atoms with E-state index in [0.717, 1.165) is 50.2 Å². The smallest absolute Gasteiger partial charge is 0.226 e. The molecule has 1 saturated heterocycles. The van der Waals surface area contributed by atoms with Crippen LogP contribution in [-0.4, -0.2) is 45.9 Å². The molecule has 0 spiro atoms. The van der Waals surface area contributed by atoms with Gasteiger partial charge in [0.05, 0.1) is 11.4 Å². The molecule has 0 aliphatic carbocycles. The second kappa shape index (κ2) is 8.39. The minimum atomic E-state index is -0.642. The van der Waals surface area contributed by atoms with E-state index < -0.39 is 11.6 Å². The Hall–Kier alpha value is -2.64. The standard InChI is InChI=1S/C22H24F2N4O/c1-15-4-3-5-25-20(15)13-27-6-8-28(9-7-27)14-21-16(2)29-22(26-21)17-10-18(23)12-19(24)11-17/h3-5,10-12H,6-9,13-14H2,1-2H3. The fourth-order valence-corrected chi connectivity index (χ4v) is 3.59. The number of oxazole rings is 1. The van der Waals surface area contributed by atoms with Crippen LogP contribution in [0.15, 0.2) is 40.9 Å². The molecule has 2 aromatic heterocycles. The van der Waals surface area contributed by atoms with Gasteiger partial charge in [-0.25, -0.2) is 13.8 Å². The Morgan fingerprint density at radius 1 is 0.931 bits per heavy atom. The van der Waals surface area contributed by atoms with E-state index in [-0.39, 0.29) is 5.89 Å². The van der Waals surface area contributed by atoms with Gasteiger partial charge < -0.3 is 4.42 Å². The highest BCUT2D eigenvalue weighted by Gasteiger charge is 2.21. The molecule has 0 saturated carbocycles. The zero-order valence-electron chi connectivity index (χ0n) is 16.7. The third-order valence-corrected chi connectivity index (χ3v) is 5.33. The maximum atomic E-state index is 13.5. The van der Waals surface area contributed by atoms with E-state index in [4.69, 9.17) is 4.42 Å². The number of piperazine rings is 1. The maximum absolute atomic E-state index is 13.5. The number of hydrogen-bond acceptors (Lipinski definition) is 5. The Bertz CT molecular complexity index is 976. The average Bonchev–Trinajstić information content (AvgIpc) is 3.05. The first-order valence-corrected chi connectivity index (χ1v) is 9.76. The minimum Gasteiger partial charge on any atom is -0.441 e. The Morgan fingerprint density at radius 3 is 2.17 bits per heavy atom. The molecule has 0 atom stereocenters. The highest BCUT2D eigenvalue weighted by Crippen LogP contribution is 2.24. The van der Waals surface area contributed by atoms with Crippen molar-refractivity contribution in [2.24, 2.45) is 0 Å². The van der Waals surface area contributed by atoms with E-state index >= 15 is 0 Å². The SMILES string of the molecule is Cc1cccnc1CN1CCN(Cc2nc(-c3cc(F)cc(F)c3)oc2C)CC1. The average molecular weight is 398 g/mol. The topological polar surface area (TPSA) is 45.4 Å². The van der Waals surface area contributed by atoms with Gasteiger partial charge in [0.2, 0.25) is 5.89 Å². The van der Waals surface area contributed by atoms with Crippen LogP contribution in [0.3, 0.4) is 0 Å². The summed E-state index contributed by atoms with van der Waals surface area (Å²) in [5, 5.41) is 0. The van der Waals surface area contributed by atoms with Gasteiger partial charge in [0.1, 0.15) is 17.4 Å². The zero-order chi connectivity index (χ0) is 20.4. The first kappa shape index (κ1) is 19.7. The van der Waals surface area contributed by atoms with Crippen LogP contribution in [0, 0.1) is 25.5 Å². The van der Waals surface area contributed by atoms with Crippen molar-refractivity contribution in [3.63, 3.8) is 0 Å². The van der Waals surface area contributed by atoms with Crippen molar-refractivity contribution in [3.8, 4) is 11.5 Å². The quantitative estimate of drug-likeness (QED) is 0.651. The van der Waals surface area contributed by atoms with Crippen LogP contribution in [0.1, 0.15) is 22.7 Å². The van der Waals surface area contributed by atoms with Gasteiger partial charge in [-0.2, -0.15) is 0 Å². The molecule has 5 nitrogen and oxygen atoms in total. The Balaban J connectivity index is 1.37. The van der Waals surface area contributed by atoms with E-state index in [1.807, 2.05) is 19.2 Å². The van der Waals surface area contributed by atoms with Gasteiger partial charge >= 0.3 is 0 Å². The summed E-state index contributed by atoms with van der Waals surface area (Å²) in [6.07, 6.45) is 1.84. The fraction of sp³-hybridized carbons (Fsp3) is 0.364. The van der Waals surface area contributed by atoms with E-state index in [0.29, 0.717) is 17.9 Å². The summed E-state index contributed by atoms with van der Waals surface area (Å²) >= 11 is 0. The number of rotatable bonds is 5. The van der Waals surface area contributed by atoms with Crippen molar-refractivity contribution in [1.29, 1.82) is 0 Å². The molecule has 0 radical (unpaired) electrons. The maximum Gasteiger partial charge on any atom is 0.226 e. The van der Waals surface area contributed by atoms with Crippen LogP contribution < -0.4 is 0 Å². The Kier molecular flexibility index (Phi) is 5.69. The summed E-state index contributed by atoms with van der Waals surface area (Å²) in [6, 6.07) is 7.36. The van der Waals surface area contributed by atoms with Crippen LogP contribution in [-0.2, 0) is 13.1 Å². The van der Waals surface area contributed by atoms with Crippen molar-refractivity contribution >= 4 is 0 Å². The summed E-state index contributed by atoms with van der Waals surface area (Å²) < 4.78 is 32.6. The molecule has 0 bridgehead atoms.